The number of benzene rings is 2. The zero-order valence-electron chi connectivity index (χ0n) is 17.2. The number of ether oxygens (including phenoxy) is 1. The maximum atomic E-state index is 14.4. The number of hydrogen-bond acceptors (Lipinski definition) is 5. The normalized spacial score (nSPS) is 11.9. The Balaban J connectivity index is 2.00. The minimum atomic E-state index is -3.81. The van der Waals surface area contributed by atoms with E-state index in [4.69, 9.17) is 16.3 Å². The van der Waals surface area contributed by atoms with Crippen LogP contribution in [-0.4, -0.2) is 38.8 Å². The Labute approximate surface area is 189 Å². The lowest BCUT2D eigenvalue weighted by atomic mass is 10.1. The number of fused-ring (bicyclic) bond motifs is 1. The first-order chi connectivity index (χ1) is 14.7. The SMILES string of the molecule is CCN(CC)S(=O)(=O)c1cc(NC(=O)c2sc3cccc(F)c3c2COC)ccc1Cl. The molecule has 1 aromatic heterocycles. The highest BCUT2D eigenvalue weighted by molar-refractivity contribution is 7.89. The van der Waals surface area contributed by atoms with Crippen molar-refractivity contribution in [3.05, 3.63) is 57.7 Å². The lowest BCUT2D eigenvalue weighted by Crippen LogP contribution is -2.30. The Morgan fingerprint density at radius 1 is 1.23 bits per heavy atom. The molecule has 6 nitrogen and oxygen atoms in total. The zero-order valence-corrected chi connectivity index (χ0v) is 19.6. The highest BCUT2D eigenvalue weighted by atomic mass is 35.5. The molecule has 0 aliphatic carbocycles. The second-order valence-corrected chi connectivity index (χ2v) is 10.0. The fourth-order valence-corrected chi connectivity index (χ4v) is 6.38. The van der Waals surface area contributed by atoms with E-state index >= 15 is 0 Å². The van der Waals surface area contributed by atoms with Crippen LogP contribution < -0.4 is 5.32 Å². The van der Waals surface area contributed by atoms with Gasteiger partial charge in [0.2, 0.25) is 10.0 Å². The van der Waals surface area contributed by atoms with Crippen molar-refractivity contribution in [1.29, 1.82) is 0 Å². The molecule has 0 bridgehead atoms. The lowest BCUT2D eigenvalue weighted by Gasteiger charge is -2.19. The number of rotatable bonds is 8. The van der Waals surface area contributed by atoms with Crippen molar-refractivity contribution in [2.75, 3.05) is 25.5 Å². The second-order valence-electron chi connectivity index (χ2n) is 6.64. The Morgan fingerprint density at radius 3 is 2.58 bits per heavy atom. The number of amides is 1. The molecule has 2 aromatic carbocycles. The summed E-state index contributed by atoms with van der Waals surface area (Å²) in [6.45, 7) is 4.11. The average Bonchev–Trinajstić information content (AvgIpc) is 3.10. The number of carbonyl (C=O) groups is 1. The number of anilines is 1. The fourth-order valence-electron chi connectivity index (χ4n) is 3.30. The number of thiophene rings is 1. The molecule has 1 N–H and O–H groups in total. The molecule has 1 heterocycles. The maximum Gasteiger partial charge on any atom is 0.266 e. The van der Waals surface area contributed by atoms with Gasteiger partial charge in [-0.05, 0) is 30.3 Å². The minimum Gasteiger partial charge on any atom is -0.380 e. The first-order valence-electron chi connectivity index (χ1n) is 9.54. The first-order valence-corrected chi connectivity index (χ1v) is 12.2. The number of hydrogen-bond donors (Lipinski definition) is 1. The largest absolute Gasteiger partial charge is 0.380 e. The minimum absolute atomic E-state index is 0.0614. The molecule has 0 unspecified atom stereocenters. The van der Waals surface area contributed by atoms with E-state index in [0.717, 1.165) is 11.3 Å². The van der Waals surface area contributed by atoms with Crippen LogP contribution in [0.1, 0.15) is 29.1 Å². The molecule has 1 amide bonds. The van der Waals surface area contributed by atoms with Gasteiger partial charge in [-0.3, -0.25) is 4.79 Å². The van der Waals surface area contributed by atoms with Crippen LogP contribution >= 0.6 is 22.9 Å². The van der Waals surface area contributed by atoms with E-state index < -0.39 is 21.7 Å². The van der Waals surface area contributed by atoms with Gasteiger partial charge >= 0.3 is 0 Å². The van der Waals surface area contributed by atoms with Gasteiger partial charge in [0.1, 0.15) is 10.7 Å². The van der Waals surface area contributed by atoms with Crippen LogP contribution in [0.25, 0.3) is 10.1 Å². The van der Waals surface area contributed by atoms with E-state index in [1.807, 2.05) is 0 Å². The van der Waals surface area contributed by atoms with Crippen LogP contribution in [0, 0.1) is 5.82 Å². The van der Waals surface area contributed by atoms with Crippen molar-refractivity contribution < 1.29 is 22.3 Å². The van der Waals surface area contributed by atoms with Crippen molar-refractivity contribution in [2.24, 2.45) is 0 Å². The topological polar surface area (TPSA) is 75.7 Å². The third kappa shape index (κ3) is 4.61. The molecule has 3 aromatic rings. The van der Waals surface area contributed by atoms with Crippen LogP contribution in [0.5, 0.6) is 0 Å². The average molecular weight is 485 g/mol. The molecule has 3 rings (SSSR count). The Morgan fingerprint density at radius 2 is 1.94 bits per heavy atom. The standard InChI is InChI=1S/C21H22ClFN2O4S2/c1-4-25(5-2)31(27,28)18-11-13(9-10-15(18)22)24-21(26)20-14(12-29-3)19-16(23)7-6-8-17(19)30-20/h6-11H,4-5,12H2,1-3H3,(H,24,26). The fraction of sp³-hybridized carbons (Fsp3) is 0.286. The van der Waals surface area contributed by atoms with Crippen molar-refractivity contribution >= 4 is 54.6 Å². The summed E-state index contributed by atoms with van der Waals surface area (Å²) in [4.78, 5) is 13.2. The van der Waals surface area contributed by atoms with E-state index in [-0.39, 0.29) is 22.2 Å². The van der Waals surface area contributed by atoms with Crippen molar-refractivity contribution in [3.8, 4) is 0 Å². The molecular formula is C21H22ClFN2O4S2. The molecule has 0 spiro atoms. The number of halogens is 2. The number of nitrogens with zero attached hydrogens (tertiary/aromatic N) is 1. The Kier molecular flexibility index (Phi) is 7.33. The number of carbonyl (C=O) groups excluding carboxylic acids is 1. The molecule has 0 saturated heterocycles. The summed E-state index contributed by atoms with van der Waals surface area (Å²) in [5, 5.41) is 3.12. The molecule has 10 heteroatoms. The van der Waals surface area contributed by atoms with Gasteiger partial charge in [-0.1, -0.05) is 31.5 Å². The number of methoxy groups -OCH3 is 1. The van der Waals surface area contributed by atoms with Crippen molar-refractivity contribution in [3.63, 3.8) is 0 Å². The second kappa shape index (κ2) is 9.62. The highest BCUT2D eigenvalue weighted by Gasteiger charge is 2.26. The summed E-state index contributed by atoms with van der Waals surface area (Å²) < 4.78 is 47.2. The smallest absolute Gasteiger partial charge is 0.266 e. The summed E-state index contributed by atoms with van der Waals surface area (Å²) in [6, 6.07) is 8.92. The third-order valence-electron chi connectivity index (χ3n) is 4.77. The molecule has 0 fully saturated rings. The summed E-state index contributed by atoms with van der Waals surface area (Å²) >= 11 is 7.30. The first kappa shape index (κ1) is 23.6. The number of sulfonamides is 1. The molecule has 0 aliphatic rings. The Bertz CT molecular complexity index is 1220. The predicted molar refractivity (Wildman–Crippen MR) is 122 cm³/mol. The monoisotopic (exact) mass is 484 g/mol. The van der Waals surface area contributed by atoms with Gasteiger partial charge in [0.25, 0.3) is 5.91 Å². The van der Waals surface area contributed by atoms with Gasteiger partial charge in [-0.2, -0.15) is 4.31 Å². The molecular weight excluding hydrogens is 463 g/mol. The van der Waals surface area contributed by atoms with Crippen LogP contribution in [0.4, 0.5) is 10.1 Å². The van der Waals surface area contributed by atoms with E-state index in [1.165, 1.54) is 35.7 Å². The van der Waals surface area contributed by atoms with Gasteiger partial charge in [0.05, 0.1) is 16.5 Å². The van der Waals surface area contributed by atoms with Crippen molar-refractivity contribution in [1.82, 2.24) is 4.31 Å². The van der Waals surface area contributed by atoms with Gasteiger partial charge in [0, 0.05) is 41.5 Å². The third-order valence-corrected chi connectivity index (χ3v) is 8.50. The van der Waals surface area contributed by atoms with Crippen LogP contribution in [0.3, 0.4) is 0 Å². The van der Waals surface area contributed by atoms with Gasteiger partial charge in [0.15, 0.2) is 0 Å². The van der Waals surface area contributed by atoms with E-state index in [1.54, 1.807) is 26.0 Å². The molecule has 0 saturated carbocycles. The maximum absolute atomic E-state index is 14.4. The molecule has 0 atom stereocenters. The van der Waals surface area contributed by atoms with Crippen LogP contribution in [0.2, 0.25) is 5.02 Å². The van der Waals surface area contributed by atoms with E-state index in [0.29, 0.717) is 33.6 Å². The summed E-state index contributed by atoms with van der Waals surface area (Å²) in [5.74, 6) is -0.917. The van der Waals surface area contributed by atoms with E-state index in [2.05, 4.69) is 5.32 Å². The van der Waals surface area contributed by atoms with Crippen molar-refractivity contribution in [2.45, 2.75) is 25.3 Å². The molecule has 0 radical (unpaired) electrons. The molecule has 31 heavy (non-hydrogen) atoms. The zero-order chi connectivity index (χ0) is 22.8. The Hall–Kier alpha value is -2.04. The summed E-state index contributed by atoms with van der Waals surface area (Å²) in [5.41, 5.74) is 0.712. The highest BCUT2D eigenvalue weighted by Crippen LogP contribution is 2.35. The van der Waals surface area contributed by atoms with E-state index in [9.17, 15) is 17.6 Å². The van der Waals surface area contributed by atoms with Gasteiger partial charge < -0.3 is 10.1 Å². The molecule has 0 aliphatic heterocycles. The number of nitrogens with one attached hydrogen (secondary N) is 1. The van der Waals surface area contributed by atoms with Gasteiger partial charge in [-0.25, -0.2) is 12.8 Å². The lowest BCUT2D eigenvalue weighted by molar-refractivity contribution is 0.102. The summed E-state index contributed by atoms with van der Waals surface area (Å²) in [7, 11) is -2.35. The summed E-state index contributed by atoms with van der Waals surface area (Å²) in [6.07, 6.45) is 0. The quantitative estimate of drug-likeness (QED) is 0.481. The molecule has 166 valence electrons. The van der Waals surface area contributed by atoms with Crippen LogP contribution in [0.15, 0.2) is 41.3 Å². The predicted octanol–water partition coefficient (Wildman–Crippen LogP) is 5.12. The van der Waals surface area contributed by atoms with Crippen LogP contribution in [-0.2, 0) is 21.4 Å². The van der Waals surface area contributed by atoms with Gasteiger partial charge in [-0.15, -0.1) is 11.3 Å².